The SMILES string of the molecule is COc1cc(OC)cc(N(CC(O)CS(=O)(=O)O)c2ccc(O)cc2)c1.[NaH]. The van der Waals surface area contributed by atoms with Gasteiger partial charge in [-0.2, -0.15) is 8.42 Å². The van der Waals surface area contributed by atoms with Gasteiger partial charge >= 0.3 is 29.6 Å². The molecule has 1 atom stereocenters. The van der Waals surface area contributed by atoms with E-state index >= 15 is 0 Å². The minimum atomic E-state index is -4.33. The number of aromatic hydroxyl groups is 1. The van der Waals surface area contributed by atoms with Crippen LogP contribution in [0.2, 0.25) is 0 Å². The van der Waals surface area contributed by atoms with E-state index < -0.39 is 22.0 Å². The number of aliphatic hydroxyl groups is 1. The third-order valence-corrected chi connectivity index (χ3v) is 4.41. The van der Waals surface area contributed by atoms with Gasteiger partial charge in [0.05, 0.1) is 26.9 Å². The first-order chi connectivity index (χ1) is 12.2. The Hall–Kier alpha value is -1.49. The van der Waals surface area contributed by atoms with E-state index in [1.54, 1.807) is 35.2 Å². The predicted octanol–water partition coefficient (Wildman–Crippen LogP) is 1.15. The Kier molecular flexibility index (Phi) is 8.86. The number of aliphatic hydroxyl groups excluding tert-OH is 1. The quantitative estimate of drug-likeness (QED) is 0.441. The van der Waals surface area contributed by atoms with Crippen molar-refractivity contribution >= 4 is 51.1 Å². The molecular formula is C17H22NNaO7S. The third kappa shape index (κ3) is 7.21. The summed E-state index contributed by atoms with van der Waals surface area (Å²) in [4.78, 5) is 1.63. The van der Waals surface area contributed by atoms with Crippen molar-refractivity contribution < 1.29 is 32.7 Å². The van der Waals surface area contributed by atoms with Crippen molar-refractivity contribution in [3.05, 3.63) is 42.5 Å². The van der Waals surface area contributed by atoms with Crippen molar-refractivity contribution in [2.45, 2.75) is 6.10 Å². The molecule has 0 spiro atoms. The topological polar surface area (TPSA) is 117 Å². The van der Waals surface area contributed by atoms with E-state index in [1.165, 1.54) is 26.4 Å². The number of benzene rings is 2. The Bertz CT molecular complexity index is 821. The predicted molar refractivity (Wildman–Crippen MR) is 104 cm³/mol. The van der Waals surface area contributed by atoms with Gasteiger partial charge in [0, 0.05) is 29.6 Å². The average molecular weight is 407 g/mol. The summed E-state index contributed by atoms with van der Waals surface area (Å²) in [6.07, 6.45) is -1.35. The molecular weight excluding hydrogens is 385 g/mol. The Morgan fingerprint density at radius 3 is 1.96 bits per heavy atom. The summed E-state index contributed by atoms with van der Waals surface area (Å²) in [5.41, 5.74) is 1.16. The van der Waals surface area contributed by atoms with Crippen LogP contribution in [0, 0.1) is 0 Å². The fraction of sp³-hybridized carbons (Fsp3) is 0.294. The molecule has 0 aliphatic carbocycles. The number of phenolic OH excluding ortho intramolecular Hbond substituents is 1. The summed E-state index contributed by atoms with van der Waals surface area (Å²) >= 11 is 0. The summed E-state index contributed by atoms with van der Waals surface area (Å²) in [5, 5.41) is 19.6. The number of rotatable bonds is 8. The number of phenols is 1. The van der Waals surface area contributed by atoms with E-state index in [-0.39, 0.29) is 41.9 Å². The van der Waals surface area contributed by atoms with Crippen LogP contribution in [0.1, 0.15) is 0 Å². The molecule has 10 heteroatoms. The molecule has 0 aromatic heterocycles. The van der Waals surface area contributed by atoms with Crippen molar-refractivity contribution in [1.29, 1.82) is 0 Å². The molecule has 0 saturated carbocycles. The maximum absolute atomic E-state index is 11.0. The molecule has 27 heavy (non-hydrogen) atoms. The van der Waals surface area contributed by atoms with Gasteiger partial charge in [-0.25, -0.2) is 0 Å². The Morgan fingerprint density at radius 1 is 1.00 bits per heavy atom. The fourth-order valence-corrected chi connectivity index (χ4v) is 3.04. The van der Waals surface area contributed by atoms with Crippen LogP contribution in [0.25, 0.3) is 0 Å². The Labute approximate surface area is 180 Å². The first kappa shape index (κ1) is 23.5. The van der Waals surface area contributed by atoms with Crippen molar-refractivity contribution in [3.8, 4) is 17.2 Å². The van der Waals surface area contributed by atoms with E-state index in [2.05, 4.69) is 0 Å². The van der Waals surface area contributed by atoms with Crippen LogP contribution in [0.15, 0.2) is 42.5 Å². The number of anilines is 2. The van der Waals surface area contributed by atoms with Crippen molar-refractivity contribution in [2.75, 3.05) is 31.4 Å². The van der Waals surface area contributed by atoms with Gasteiger partial charge in [0.2, 0.25) is 0 Å². The number of methoxy groups -OCH3 is 2. The second kappa shape index (κ2) is 10.2. The zero-order valence-electron chi connectivity index (χ0n) is 14.4. The van der Waals surface area contributed by atoms with Crippen LogP contribution >= 0.6 is 0 Å². The molecule has 0 amide bonds. The van der Waals surface area contributed by atoms with Crippen LogP contribution in [-0.4, -0.2) is 85.4 Å². The summed E-state index contributed by atoms with van der Waals surface area (Å²) < 4.78 is 41.5. The summed E-state index contributed by atoms with van der Waals surface area (Å²) in [7, 11) is -1.34. The average Bonchev–Trinajstić information content (AvgIpc) is 2.58. The van der Waals surface area contributed by atoms with Crippen molar-refractivity contribution in [3.63, 3.8) is 0 Å². The standard InChI is InChI=1S/C17H21NO7S.Na.H/c1-24-16-7-13(8-17(9-16)25-2)18(10-15(20)11-26(21,22)23)12-3-5-14(19)6-4-12;;/h3-9,15,19-20H,10-11H2,1-2H3,(H,21,22,23);;. The van der Waals surface area contributed by atoms with E-state index in [1.807, 2.05) is 0 Å². The minimum absolute atomic E-state index is 0. The first-order valence-electron chi connectivity index (χ1n) is 7.64. The second-order valence-corrected chi connectivity index (χ2v) is 7.10. The molecule has 0 heterocycles. The van der Waals surface area contributed by atoms with E-state index in [0.29, 0.717) is 22.9 Å². The molecule has 3 N–H and O–H groups in total. The van der Waals surface area contributed by atoms with E-state index in [9.17, 15) is 18.6 Å². The summed E-state index contributed by atoms with van der Waals surface area (Å²) in [6, 6.07) is 11.2. The number of ether oxygens (including phenoxy) is 2. The Morgan fingerprint density at radius 2 is 1.52 bits per heavy atom. The monoisotopic (exact) mass is 407 g/mol. The van der Waals surface area contributed by atoms with Crippen LogP contribution in [0.3, 0.4) is 0 Å². The van der Waals surface area contributed by atoms with Crippen molar-refractivity contribution in [1.82, 2.24) is 0 Å². The van der Waals surface area contributed by atoms with E-state index in [4.69, 9.17) is 14.0 Å². The van der Waals surface area contributed by atoms with Crippen LogP contribution < -0.4 is 14.4 Å². The number of hydrogen-bond acceptors (Lipinski definition) is 7. The van der Waals surface area contributed by atoms with Gasteiger partial charge < -0.3 is 24.6 Å². The number of nitrogens with zero attached hydrogens (tertiary/aromatic N) is 1. The molecule has 2 rings (SSSR count). The molecule has 2 aromatic carbocycles. The number of hydrogen-bond donors (Lipinski definition) is 3. The third-order valence-electron chi connectivity index (χ3n) is 3.61. The summed E-state index contributed by atoms with van der Waals surface area (Å²) in [6.45, 7) is -0.124. The van der Waals surface area contributed by atoms with Gasteiger partial charge in [-0.15, -0.1) is 0 Å². The van der Waals surface area contributed by atoms with Crippen molar-refractivity contribution in [2.24, 2.45) is 0 Å². The summed E-state index contributed by atoms with van der Waals surface area (Å²) in [5.74, 6) is 0.276. The molecule has 0 aliphatic rings. The van der Waals surface area contributed by atoms with Gasteiger partial charge in [0.1, 0.15) is 23.0 Å². The molecule has 1 unspecified atom stereocenters. The molecule has 0 bridgehead atoms. The fourth-order valence-electron chi connectivity index (χ4n) is 2.45. The zero-order valence-corrected chi connectivity index (χ0v) is 15.2. The Balaban J connectivity index is 0.00000364. The molecule has 144 valence electrons. The normalized spacial score (nSPS) is 12.0. The molecule has 2 aromatic rings. The van der Waals surface area contributed by atoms with Gasteiger partial charge in [-0.3, -0.25) is 4.55 Å². The molecule has 0 aliphatic heterocycles. The molecule has 0 saturated heterocycles. The molecule has 0 fully saturated rings. The van der Waals surface area contributed by atoms with E-state index in [0.717, 1.165) is 0 Å². The molecule has 0 radical (unpaired) electrons. The maximum atomic E-state index is 11.0. The van der Waals surface area contributed by atoms with Crippen LogP contribution in [-0.2, 0) is 10.1 Å². The van der Waals surface area contributed by atoms with Crippen LogP contribution in [0.5, 0.6) is 17.2 Å². The second-order valence-electron chi connectivity index (χ2n) is 5.60. The molecule has 8 nitrogen and oxygen atoms in total. The van der Waals surface area contributed by atoms with Gasteiger partial charge in [0.15, 0.2) is 0 Å². The van der Waals surface area contributed by atoms with Gasteiger partial charge in [-0.05, 0) is 24.3 Å². The van der Waals surface area contributed by atoms with Gasteiger partial charge in [0.25, 0.3) is 10.1 Å². The zero-order chi connectivity index (χ0) is 19.3. The first-order valence-corrected chi connectivity index (χ1v) is 9.25. The van der Waals surface area contributed by atoms with Gasteiger partial charge in [-0.1, -0.05) is 0 Å². The van der Waals surface area contributed by atoms with Crippen LogP contribution in [0.4, 0.5) is 11.4 Å².